The van der Waals surface area contributed by atoms with Gasteiger partial charge in [-0.25, -0.2) is 4.98 Å². The normalized spacial score (nSPS) is 11.2. The van der Waals surface area contributed by atoms with Crippen molar-refractivity contribution in [3.63, 3.8) is 0 Å². The van der Waals surface area contributed by atoms with Crippen LogP contribution in [0.2, 0.25) is 0 Å². The maximum Gasteiger partial charge on any atom is 0.124 e. The van der Waals surface area contributed by atoms with Gasteiger partial charge in [0, 0.05) is 38.7 Å². The second kappa shape index (κ2) is 9.62. The summed E-state index contributed by atoms with van der Waals surface area (Å²) in [6, 6.07) is 49.5. The van der Waals surface area contributed by atoms with Gasteiger partial charge in [0.2, 0.25) is 0 Å². The Morgan fingerprint density at radius 3 is 1.74 bits per heavy atom. The fourth-order valence-corrected chi connectivity index (χ4v) is 6.29. The summed E-state index contributed by atoms with van der Waals surface area (Å²) in [5.41, 5.74) is 8.27. The van der Waals surface area contributed by atoms with Crippen molar-refractivity contribution >= 4 is 48.7 Å². The van der Waals surface area contributed by atoms with Gasteiger partial charge in [0.15, 0.2) is 0 Å². The first-order chi connectivity index (χ1) is 18.8. The van der Waals surface area contributed by atoms with Gasteiger partial charge in [0.25, 0.3) is 0 Å². The van der Waals surface area contributed by atoms with Gasteiger partial charge in [0.1, 0.15) is 4.83 Å². The molecule has 0 atom stereocenters. The van der Waals surface area contributed by atoms with Crippen LogP contribution < -0.4 is 4.90 Å². The minimum absolute atomic E-state index is 1.08. The molecule has 3 heteroatoms. The molecule has 38 heavy (non-hydrogen) atoms. The lowest BCUT2D eigenvalue weighted by atomic mass is 10.0. The van der Waals surface area contributed by atoms with Crippen LogP contribution in [-0.4, -0.2) is 4.98 Å². The van der Waals surface area contributed by atoms with Crippen molar-refractivity contribution in [1.82, 2.24) is 4.98 Å². The summed E-state index contributed by atoms with van der Waals surface area (Å²) in [7, 11) is 0. The Labute approximate surface area is 226 Å². The zero-order chi connectivity index (χ0) is 25.3. The lowest BCUT2D eigenvalue weighted by molar-refractivity contribution is 1.28. The van der Waals surface area contributed by atoms with Crippen molar-refractivity contribution in [1.29, 1.82) is 0 Å². The third-order valence-electron chi connectivity index (χ3n) is 6.96. The van der Waals surface area contributed by atoms with Crippen LogP contribution in [0.1, 0.15) is 0 Å². The zero-order valence-corrected chi connectivity index (χ0v) is 21.5. The highest BCUT2D eigenvalue weighted by Gasteiger charge is 2.14. The highest BCUT2D eigenvalue weighted by molar-refractivity contribution is 7.26. The number of thiophene rings is 1. The fourth-order valence-electron chi connectivity index (χ4n) is 5.11. The van der Waals surface area contributed by atoms with Crippen molar-refractivity contribution in [2.24, 2.45) is 0 Å². The Bertz CT molecular complexity index is 1840. The van der Waals surface area contributed by atoms with Crippen LogP contribution in [0, 0.1) is 0 Å². The number of hydrogen-bond acceptors (Lipinski definition) is 3. The summed E-state index contributed by atoms with van der Waals surface area (Å²) in [4.78, 5) is 7.99. The van der Waals surface area contributed by atoms with Crippen LogP contribution in [0.4, 0.5) is 17.1 Å². The first-order valence-corrected chi connectivity index (χ1v) is 13.5. The number of nitrogens with zero attached hydrogens (tertiary/aromatic N) is 2. The maximum absolute atomic E-state index is 4.59. The molecule has 7 aromatic rings. The molecule has 0 aliphatic heterocycles. The van der Waals surface area contributed by atoms with Crippen LogP contribution in [0.5, 0.6) is 0 Å². The first kappa shape index (κ1) is 22.5. The fraction of sp³-hybridized carbons (Fsp3) is 0. The van der Waals surface area contributed by atoms with Gasteiger partial charge in [-0.3, -0.25) is 0 Å². The number of benzene rings is 5. The van der Waals surface area contributed by atoms with E-state index in [0.29, 0.717) is 0 Å². The number of para-hydroxylation sites is 1. The summed E-state index contributed by atoms with van der Waals surface area (Å²) in [5.74, 6) is 0. The SMILES string of the molecule is c1ccc(-c2ccc(N(c3ccccc3)c3ccc(-c4cccc5c4sc4ncccc45)cc3)cc2)cc1. The summed E-state index contributed by atoms with van der Waals surface area (Å²) in [6.45, 7) is 0. The molecule has 5 aromatic carbocycles. The van der Waals surface area contributed by atoms with Crippen molar-refractivity contribution < 1.29 is 0 Å². The quantitative estimate of drug-likeness (QED) is 0.232. The average Bonchev–Trinajstić information content (AvgIpc) is 3.38. The molecule has 0 radical (unpaired) electrons. The van der Waals surface area contributed by atoms with E-state index < -0.39 is 0 Å². The molecule has 0 aliphatic rings. The Balaban J connectivity index is 1.29. The van der Waals surface area contributed by atoms with E-state index in [4.69, 9.17) is 0 Å². The average molecular weight is 505 g/mol. The van der Waals surface area contributed by atoms with Crippen molar-refractivity contribution in [2.45, 2.75) is 0 Å². The maximum atomic E-state index is 4.59. The molecule has 0 amide bonds. The lowest BCUT2D eigenvalue weighted by Gasteiger charge is -2.26. The molecule has 0 N–H and O–H groups in total. The van der Waals surface area contributed by atoms with Crippen molar-refractivity contribution in [3.8, 4) is 22.3 Å². The third-order valence-corrected chi connectivity index (χ3v) is 8.12. The molecule has 0 bridgehead atoms. The lowest BCUT2D eigenvalue weighted by Crippen LogP contribution is -2.09. The molecule has 0 saturated carbocycles. The Morgan fingerprint density at radius 2 is 1.03 bits per heavy atom. The third kappa shape index (κ3) is 4.03. The minimum atomic E-state index is 1.08. The molecule has 0 spiro atoms. The smallest absolute Gasteiger partial charge is 0.124 e. The first-order valence-electron chi connectivity index (χ1n) is 12.7. The van der Waals surface area contributed by atoms with Crippen LogP contribution in [0.15, 0.2) is 146 Å². The second-order valence-electron chi connectivity index (χ2n) is 9.27. The predicted molar refractivity (Wildman–Crippen MR) is 163 cm³/mol. The molecule has 2 aromatic heterocycles. The van der Waals surface area contributed by atoms with Crippen LogP contribution >= 0.6 is 11.3 Å². The summed E-state index contributed by atoms with van der Waals surface area (Å²) >= 11 is 1.77. The Morgan fingerprint density at radius 1 is 0.447 bits per heavy atom. The highest BCUT2D eigenvalue weighted by Crippen LogP contribution is 2.41. The van der Waals surface area contributed by atoms with Crippen LogP contribution in [0.3, 0.4) is 0 Å². The van der Waals surface area contributed by atoms with Crippen molar-refractivity contribution in [2.75, 3.05) is 4.90 Å². The van der Waals surface area contributed by atoms with Gasteiger partial charge in [-0.1, -0.05) is 91.0 Å². The standard InChI is InChI=1S/C35H24N2S/c1-3-9-25(10-4-1)26-16-20-29(21-17-26)37(28-11-5-2-6-12-28)30-22-18-27(19-23-30)31-13-7-14-32-33-15-8-24-36-35(33)38-34(31)32/h1-24H. The number of fused-ring (bicyclic) bond motifs is 3. The molecule has 0 fully saturated rings. The molecule has 2 nitrogen and oxygen atoms in total. The second-order valence-corrected chi connectivity index (χ2v) is 10.3. The van der Waals surface area contributed by atoms with E-state index in [1.165, 1.54) is 37.7 Å². The Hall–Kier alpha value is -4.73. The summed E-state index contributed by atoms with van der Waals surface area (Å²) < 4.78 is 1.28. The van der Waals surface area contributed by atoms with Gasteiger partial charge in [-0.2, -0.15) is 0 Å². The van der Waals surface area contributed by atoms with E-state index in [9.17, 15) is 0 Å². The van der Waals surface area contributed by atoms with Crippen LogP contribution in [0.25, 0.3) is 42.6 Å². The monoisotopic (exact) mass is 504 g/mol. The number of hydrogen-bond donors (Lipinski definition) is 0. The minimum Gasteiger partial charge on any atom is -0.311 e. The summed E-state index contributed by atoms with van der Waals surface area (Å²) in [6.07, 6.45) is 1.87. The number of aromatic nitrogens is 1. The van der Waals surface area contributed by atoms with Gasteiger partial charge >= 0.3 is 0 Å². The van der Waals surface area contributed by atoms with E-state index in [-0.39, 0.29) is 0 Å². The Kier molecular flexibility index (Phi) is 5.69. The number of pyridine rings is 1. The molecular weight excluding hydrogens is 480 g/mol. The predicted octanol–water partition coefficient (Wildman–Crippen LogP) is 10.3. The highest BCUT2D eigenvalue weighted by atomic mass is 32.1. The van der Waals surface area contributed by atoms with Gasteiger partial charge in [-0.05, 0) is 70.8 Å². The van der Waals surface area contributed by atoms with E-state index >= 15 is 0 Å². The topological polar surface area (TPSA) is 16.1 Å². The van der Waals surface area contributed by atoms with Crippen molar-refractivity contribution in [3.05, 3.63) is 146 Å². The molecule has 180 valence electrons. The number of anilines is 3. The van der Waals surface area contributed by atoms with E-state index in [1.807, 2.05) is 12.3 Å². The molecule has 0 aliphatic carbocycles. The molecular formula is C35H24N2S. The molecule has 0 unspecified atom stereocenters. The number of rotatable bonds is 5. The largest absolute Gasteiger partial charge is 0.311 e. The van der Waals surface area contributed by atoms with E-state index in [0.717, 1.165) is 21.9 Å². The molecule has 2 heterocycles. The van der Waals surface area contributed by atoms with Gasteiger partial charge in [-0.15, -0.1) is 11.3 Å². The van der Waals surface area contributed by atoms with Gasteiger partial charge < -0.3 is 4.90 Å². The zero-order valence-electron chi connectivity index (χ0n) is 20.7. The van der Waals surface area contributed by atoms with E-state index in [1.54, 1.807) is 11.3 Å². The summed E-state index contributed by atoms with van der Waals surface area (Å²) in [5, 5.41) is 2.49. The van der Waals surface area contributed by atoms with Crippen LogP contribution in [-0.2, 0) is 0 Å². The molecule has 7 rings (SSSR count). The van der Waals surface area contributed by atoms with E-state index in [2.05, 4.69) is 143 Å². The molecule has 0 saturated heterocycles. The van der Waals surface area contributed by atoms with Gasteiger partial charge in [0.05, 0.1) is 0 Å².